The lowest BCUT2D eigenvalue weighted by Gasteiger charge is -2.36. The molecular weight excluding hydrogens is 214 g/mol. The van der Waals surface area contributed by atoms with E-state index in [4.69, 9.17) is 5.73 Å². The number of anilines is 1. The second kappa shape index (κ2) is 4.75. The highest BCUT2D eigenvalue weighted by molar-refractivity contribution is 5.98. The Balaban J connectivity index is 2.41. The van der Waals surface area contributed by atoms with Gasteiger partial charge in [-0.25, -0.2) is 0 Å². The molecule has 4 heteroatoms. The number of primary amides is 1. The first-order valence-corrected chi connectivity index (χ1v) is 5.97. The number of nitrogens with zero attached hydrogens (tertiary/aromatic N) is 1. The van der Waals surface area contributed by atoms with Crippen molar-refractivity contribution in [3.8, 4) is 0 Å². The van der Waals surface area contributed by atoms with Crippen LogP contribution in [0, 0.1) is 6.92 Å². The van der Waals surface area contributed by atoms with Crippen molar-refractivity contribution in [1.29, 1.82) is 0 Å². The number of hydrogen-bond donors (Lipinski definition) is 2. The van der Waals surface area contributed by atoms with E-state index in [1.807, 2.05) is 25.1 Å². The summed E-state index contributed by atoms with van der Waals surface area (Å²) in [5.41, 5.74) is 8.16. The number of aryl methyl sites for hydroxylation is 1. The fraction of sp³-hybridized carbons (Fsp3) is 0.462. The Morgan fingerprint density at radius 3 is 2.94 bits per heavy atom. The maximum Gasteiger partial charge on any atom is 0.250 e. The van der Waals surface area contributed by atoms with E-state index in [-0.39, 0.29) is 5.91 Å². The Morgan fingerprint density at radius 1 is 1.53 bits per heavy atom. The van der Waals surface area contributed by atoms with Crippen LogP contribution in [0.1, 0.15) is 22.8 Å². The molecule has 2 rings (SSSR count). The van der Waals surface area contributed by atoms with Crippen LogP contribution in [0.25, 0.3) is 0 Å². The van der Waals surface area contributed by atoms with Gasteiger partial charge in [-0.2, -0.15) is 0 Å². The summed E-state index contributed by atoms with van der Waals surface area (Å²) in [5, 5.41) is 3.34. The van der Waals surface area contributed by atoms with E-state index in [9.17, 15) is 4.79 Å². The summed E-state index contributed by atoms with van der Waals surface area (Å²) >= 11 is 0. The molecule has 1 aliphatic rings. The summed E-state index contributed by atoms with van der Waals surface area (Å²) in [5.74, 6) is -0.356. The molecule has 3 N–H and O–H groups in total. The average molecular weight is 233 g/mol. The lowest BCUT2D eigenvalue weighted by Crippen LogP contribution is -2.50. The molecule has 1 aromatic carbocycles. The van der Waals surface area contributed by atoms with E-state index in [0.29, 0.717) is 11.6 Å². The summed E-state index contributed by atoms with van der Waals surface area (Å²) < 4.78 is 0. The van der Waals surface area contributed by atoms with Gasteiger partial charge in [0.2, 0.25) is 0 Å². The highest BCUT2D eigenvalue weighted by atomic mass is 16.1. The minimum atomic E-state index is -0.356. The van der Waals surface area contributed by atoms with Crippen LogP contribution in [0.3, 0.4) is 0 Å². The number of benzene rings is 1. The van der Waals surface area contributed by atoms with Crippen molar-refractivity contribution in [2.45, 2.75) is 19.9 Å². The first-order chi connectivity index (χ1) is 8.09. The molecule has 0 spiro atoms. The Labute approximate surface area is 102 Å². The molecule has 4 nitrogen and oxygen atoms in total. The molecule has 0 bridgehead atoms. The van der Waals surface area contributed by atoms with Gasteiger partial charge in [0, 0.05) is 25.7 Å². The molecular formula is C13H19N3O. The normalized spacial score (nSPS) is 20.4. The molecule has 1 atom stereocenters. The number of carbonyl (C=O) groups excluding carboxylic acids is 1. The largest absolute Gasteiger partial charge is 0.366 e. The van der Waals surface area contributed by atoms with Gasteiger partial charge < -0.3 is 16.0 Å². The summed E-state index contributed by atoms with van der Waals surface area (Å²) in [6.07, 6.45) is 0. The Morgan fingerprint density at radius 2 is 2.29 bits per heavy atom. The van der Waals surface area contributed by atoms with Gasteiger partial charge >= 0.3 is 0 Å². The Bertz CT molecular complexity index is 431. The standard InChI is InChI=1S/C13H19N3O/c1-9-3-4-11(13(14)17)12(7-9)16-6-5-15-8-10(16)2/h3-4,7,10,15H,5-6,8H2,1-2H3,(H2,14,17). The van der Waals surface area contributed by atoms with E-state index in [0.717, 1.165) is 30.9 Å². The maximum absolute atomic E-state index is 11.5. The summed E-state index contributed by atoms with van der Waals surface area (Å²) in [6.45, 7) is 6.97. The zero-order chi connectivity index (χ0) is 12.4. The molecule has 1 saturated heterocycles. The first-order valence-electron chi connectivity index (χ1n) is 5.97. The molecule has 17 heavy (non-hydrogen) atoms. The van der Waals surface area contributed by atoms with Crippen LogP contribution < -0.4 is 16.0 Å². The van der Waals surface area contributed by atoms with Crippen LogP contribution >= 0.6 is 0 Å². The fourth-order valence-electron chi connectivity index (χ4n) is 2.29. The summed E-state index contributed by atoms with van der Waals surface area (Å²) in [6, 6.07) is 6.17. The van der Waals surface area contributed by atoms with Crippen LogP contribution in [0.2, 0.25) is 0 Å². The van der Waals surface area contributed by atoms with Crippen molar-refractivity contribution in [2.75, 3.05) is 24.5 Å². The summed E-state index contributed by atoms with van der Waals surface area (Å²) in [7, 11) is 0. The number of carbonyl (C=O) groups is 1. The molecule has 0 radical (unpaired) electrons. The molecule has 1 aliphatic heterocycles. The smallest absolute Gasteiger partial charge is 0.250 e. The van der Waals surface area contributed by atoms with Crippen molar-refractivity contribution in [3.05, 3.63) is 29.3 Å². The molecule has 1 fully saturated rings. The van der Waals surface area contributed by atoms with Gasteiger partial charge in [0.1, 0.15) is 0 Å². The lowest BCUT2D eigenvalue weighted by atomic mass is 10.1. The predicted octanol–water partition coefficient (Wildman–Crippen LogP) is 0.892. The predicted molar refractivity (Wildman–Crippen MR) is 69.4 cm³/mol. The molecule has 1 heterocycles. The second-order valence-corrected chi connectivity index (χ2v) is 4.63. The van der Waals surface area contributed by atoms with Gasteiger partial charge in [0.15, 0.2) is 0 Å². The molecule has 1 amide bonds. The summed E-state index contributed by atoms with van der Waals surface area (Å²) in [4.78, 5) is 13.7. The number of nitrogens with one attached hydrogen (secondary N) is 1. The number of hydrogen-bond acceptors (Lipinski definition) is 3. The minimum absolute atomic E-state index is 0.356. The highest BCUT2D eigenvalue weighted by Gasteiger charge is 2.22. The second-order valence-electron chi connectivity index (χ2n) is 4.63. The van der Waals surface area contributed by atoms with Crippen LogP contribution in [-0.2, 0) is 0 Å². The van der Waals surface area contributed by atoms with Crippen LogP contribution in [-0.4, -0.2) is 31.6 Å². The molecule has 1 aromatic rings. The van der Waals surface area contributed by atoms with Crippen molar-refractivity contribution in [3.63, 3.8) is 0 Å². The van der Waals surface area contributed by atoms with Gasteiger partial charge in [-0.15, -0.1) is 0 Å². The van der Waals surface area contributed by atoms with Gasteiger partial charge in [0.05, 0.1) is 11.3 Å². The SMILES string of the molecule is Cc1ccc(C(N)=O)c(N2CCNCC2C)c1. The quantitative estimate of drug-likeness (QED) is 0.797. The molecule has 0 aromatic heterocycles. The fourth-order valence-corrected chi connectivity index (χ4v) is 2.29. The lowest BCUT2D eigenvalue weighted by molar-refractivity contribution is 0.100. The maximum atomic E-state index is 11.5. The van der Waals surface area contributed by atoms with Crippen molar-refractivity contribution >= 4 is 11.6 Å². The third-order valence-electron chi connectivity index (χ3n) is 3.23. The molecule has 0 saturated carbocycles. The molecule has 0 aliphatic carbocycles. The van der Waals surface area contributed by atoms with Gasteiger partial charge in [-0.1, -0.05) is 6.07 Å². The van der Waals surface area contributed by atoms with Crippen molar-refractivity contribution in [2.24, 2.45) is 5.73 Å². The Hall–Kier alpha value is -1.55. The number of piperazine rings is 1. The zero-order valence-corrected chi connectivity index (χ0v) is 10.4. The Kier molecular flexibility index (Phi) is 3.33. The highest BCUT2D eigenvalue weighted by Crippen LogP contribution is 2.24. The van der Waals surface area contributed by atoms with Gasteiger partial charge in [-0.3, -0.25) is 4.79 Å². The van der Waals surface area contributed by atoms with E-state index < -0.39 is 0 Å². The van der Waals surface area contributed by atoms with Gasteiger partial charge in [-0.05, 0) is 31.5 Å². The number of amides is 1. The number of nitrogens with two attached hydrogens (primary N) is 1. The molecule has 92 valence electrons. The van der Waals surface area contributed by atoms with E-state index in [1.54, 1.807) is 0 Å². The third kappa shape index (κ3) is 2.42. The monoisotopic (exact) mass is 233 g/mol. The third-order valence-corrected chi connectivity index (χ3v) is 3.23. The van der Waals surface area contributed by atoms with Crippen molar-refractivity contribution in [1.82, 2.24) is 5.32 Å². The first kappa shape index (κ1) is 11.9. The van der Waals surface area contributed by atoms with Gasteiger partial charge in [0.25, 0.3) is 5.91 Å². The minimum Gasteiger partial charge on any atom is -0.366 e. The van der Waals surface area contributed by atoms with Crippen LogP contribution in [0.5, 0.6) is 0 Å². The number of rotatable bonds is 2. The van der Waals surface area contributed by atoms with E-state index in [1.165, 1.54) is 0 Å². The van der Waals surface area contributed by atoms with Crippen molar-refractivity contribution < 1.29 is 4.79 Å². The molecule has 1 unspecified atom stereocenters. The topological polar surface area (TPSA) is 58.4 Å². The van der Waals surface area contributed by atoms with Crippen LogP contribution in [0.15, 0.2) is 18.2 Å². The van der Waals surface area contributed by atoms with E-state index >= 15 is 0 Å². The average Bonchev–Trinajstić information content (AvgIpc) is 2.29. The van der Waals surface area contributed by atoms with Crippen LogP contribution in [0.4, 0.5) is 5.69 Å². The van der Waals surface area contributed by atoms with E-state index in [2.05, 4.69) is 17.1 Å². The zero-order valence-electron chi connectivity index (χ0n) is 10.4.